The summed E-state index contributed by atoms with van der Waals surface area (Å²) in [5, 5.41) is 0.627. The molecule has 0 N–H and O–H groups in total. The molecule has 2 heterocycles. The molecule has 6 nitrogen and oxygen atoms in total. The van der Waals surface area contributed by atoms with Crippen molar-refractivity contribution >= 4 is 31.5 Å². The number of nitrogens with zero attached hydrogens (tertiary/aromatic N) is 2. The van der Waals surface area contributed by atoms with Crippen LogP contribution in [0.4, 0.5) is 0 Å². The third-order valence-electron chi connectivity index (χ3n) is 8.12. The number of piperidine rings is 1. The first kappa shape index (κ1) is 27.3. The van der Waals surface area contributed by atoms with Gasteiger partial charge in [-0.1, -0.05) is 60.1 Å². The standard InChI is InChI=1S/C29H33ClN2O4S2/c1-31(38(35,36)26-10-3-2-4-11-26)21-24(23-8-7-9-25(30)20-23)14-17-32-18-15-29(16-19-32)22-37(33,34)28-13-6-5-12-27(28)29/h2-13,20,24H,14-19,21-22H2,1H3. The molecular formula is C29H33ClN2O4S2. The fourth-order valence-electron chi connectivity index (χ4n) is 5.96. The second-order valence-corrected chi connectivity index (χ2v) is 15.0. The smallest absolute Gasteiger partial charge is 0.242 e. The summed E-state index contributed by atoms with van der Waals surface area (Å²) in [6.07, 6.45) is 2.36. The largest absolute Gasteiger partial charge is 0.303 e. The molecule has 2 aliphatic rings. The molecule has 0 bridgehead atoms. The van der Waals surface area contributed by atoms with Crippen molar-refractivity contribution in [3.05, 3.63) is 95.0 Å². The number of benzene rings is 3. The molecule has 3 aromatic carbocycles. The Morgan fingerprint density at radius 1 is 0.974 bits per heavy atom. The van der Waals surface area contributed by atoms with Gasteiger partial charge in [-0.05, 0) is 86.3 Å². The molecule has 0 aromatic heterocycles. The van der Waals surface area contributed by atoms with Crippen LogP contribution in [0.25, 0.3) is 0 Å². The fourth-order valence-corrected chi connectivity index (χ4v) is 9.63. The van der Waals surface area contributed by atoms with Crippen molar-refractivity contribution in [2.45, 2.75) is 40.4 Å². The summed E-state index contributed by atoms with van der Waals surface area (Å²) in [5.41, 5.74) is 1.68. The molecule has 5 rings (SSSR count). The number of sulfonamides is 1. The van der Waals surface area contributed by atoms with Crippen LogP contribution >= 0.6 is 11.6 Å². The zero-order chi connectivity index (χ0) is 27.0. The molecule has 0 saturated carbocycles. The normalized spacial score (nSPS) is 19.4. The predicted molar refractivity (Wildman–Crippen MR) is 151 cm³/mol. The highest BCUT2D eigenvalue weighted by Gasteiger charge is 2.48. The molecule has 1 saturated heterocycles. The molecule has 0 aliphatic carbocycles. The third kappa shape index (κ3) is 5.42. The van der Waals surface area contributed by atoms with Gasteiger partial charge in [-0.3, -0.25) is 0 Å². The van der Waals surface area contributed by atoms with Crippen molar-refractivity contribution in [3.8, 4) is 0 Å². The number of fused-ring (bicyclic) bond motifs is 2. The molecule has 9 heteroatoms. The highest BCUT2D eigenvalue weighted by atomic mass is 35.5. The molecule has 0 amide bonds. The van der Waals surface area contributed by atoms with E-state index >= 15 is 0 Å². The summed E-state index contributed by atoms with van der Waals surface area (Å²) < 4.78 is 53.5. The van der Waals surface area contributed by atoms with E-state index in [1.807, 2.05) is 36.4 Å². The van der Waals surface area contributed by atoms with Crippen molar-refractivity contribution in [3.63, 3.8) is 0 Å². The first-order valence-electron chi connectivity index (χ1n) is 12.9. The third-order valence-corrected chi connectivity index (χ3v) is 12.1. The molecule has 1 atom stereocenters. The Hall–Kier alpha value is -2.23. The Morgan fingerprint density at radius 3 is 2.37 bits per heavy atom. The molecule has 38 heavy (non-hydrogen) atoms. The summed E-state index contributed by atoms with van der Waals surface area (Å²) in [6.45, 7) is 2.75. The number of halogens is 1. The summed E-state index contributed by atoms with van der Waals surface area (Å²) in [5.74, 6) is 0.154. The zero-order valence-electron chi connectivity index (χ0n) is 21.5. The Bertz CT molecular complexity index is 1500. The zero-order valence-corrected chi connectivity index (χ0v) is 23.9. The van der Waals surface area contributed by atoms with Gasteiger partial charge in [0.2, 0.25) is 10.0 Å². The summed E-state index contributed by atoms with van der Waals surface area (Å²) >= 11 is 6.30. The molecule has 202 valence electrons. The lowest BCUT2D eigenvalue weighted by atomic mass is 9.74. The van der Waals surface area contributed by atoms with Gasteiger partial charge in [0.1, 0.15) is 0 Å². The van der Waals surface area contributed by atoms with E-state index in [4.69, 9.17) is 11.6 Å². The first-order valence-corrected chi connectivity index (χ1v) is 16.4. The SMILES string of the molecule is CN(CC(CCN1CCC2(CC1)CS(=O)(=O)c1ccccc12)c1cccc(Cl)c1)S(=O)(=O)c1ccccc1. The van der Waals surface area contributed by atoms with E-state index in [2.05, 4.69) is 4.90 Å². The second-order valence-electron chi connectivity index (χ2n) is 10.5. The lowest BCUT2D eigenvalue weighted by molar-refractivity contribution is 0.165. The van der Waals surface area contributed by atoms with Gasteiger partial charge in [0.15, 0.2) is 9.84 Å². The van der Waals surface area contributed by atoms with Crippen molar-refractivity contribution in [1.29, 1.82) is 0 Å². The minimum absolute atomic E-state index is 0.0411. The summed E-state index contributed by atoms with van der Waals surface area (Å²) in [7, 11) is -5.23. The Balaban J connectivity index is 1.28. The Kier molecular flexibility index (Phi) is 7.73. The van der Waals surface area contributed by atoms with Gasteiger partial charge in [0.25, 0.3) is 0 Å². The maximum Gasteiger partial charge on any atom is 0.242 e. The summed E-state index contributed by atoms with van der Waals surface area (Å²) in [6, 6.07) is 23.6. The van der Waals surface area contributed by atoms with Gasteiger partial charge >= 0.3 is 0 Å². The van der Waals surface area contributed by atoms with E-state index in [-0.39, 0.29) is 22.0 Å². The van der Waals surface area contributed by atoms with Crippen LogP contribution in [-0.2, 0) is 25.3 Å². The summed E-state index contributed by atoms with van der Waals surface area (Å²) in [4.78, 5) is 3.15. The van der Waals surface area contributed by atoms with Gasteiger partial charge < -0.3 is 4.90 Å². The van der Waals surface area contributed by atoms with Crippen LogP contribution in [0, 0.1) is 0 Å². The first-order chi connectivity index (χ1) is 18.1. The predicted octanol–water partition coefficient (Wildman–Crippen LogP) is 4.96. The van der Waals surface area contributed by atoms with Gasteiger partial charge in [-0.15, -0.1) is 0 Å². The molecule has 1 spiro atoms. The number of rotatable bonds is 8. The highest BCUT2D eigenvalue weighted by Crippen LogP contribution is 2.46. The molecule has 2 aliphatic heterocycles. The number of likely N-dealkylation sites (tertiary alicyclic amines) is 1. The van der Waals surface area contributed by atoms with E-state index in [0.717, 1.165) is 50.0 Å². The van der Waals surface area contributed by atoms with Crippen LogP contribution in [0.2, 0.25) is 5.02 Å². The number of sulfone groups is 1. The van der Waals surface area contributed by atoms with Crippen molar-refractivity contribution in [2.24, 2.45) is 0 Å². The minimum atomic E-state index is -3.62. The van der Waals surface area contributed by atoms with Gasteiger partial charge in [0, 0.05) is 24.0 Å². The van der Waals surface area contributed by atoms with E-state index in [9.17, 15) is 16.8 Å². The van der Waals surface area contributed by atoms with Crippen LogP contribution in [0.1, 0.15) is 36.3 Å². The molecule has 3 aromatic rings. The molecule has 1 unspecified atom stereocenters. The quantitative estimate of drug-likeness (QED) is 0.381. The lowest BCUT2D eigenvalue weighted by Gasteiger charge is -2.39. The second kappa shape index (κ2) is 10.7. The van der Waals surface area contributed by atoms with Gasteiger partial charge in [0.05, 0.1) is 15.5 Å². The van der Waals surface area contributed by atoms with Gasteiger partial charge in [-0.25, -0.2) is 21.1 Å². The monoisotopic (exact) mass is 572 g/mol. The Labute approximate surface area is 231 Å². The van der Waals surface area contributed by atoms with Crippen LogP contribution in [0.5, 0.6) is 0 Å². The number of hydrogen-bond donors (Lipinski definition) is 0. The van der Waals surface area contributed by atoms with Gasteiger partial charge in [-0.2, -0.15) is 0 Å². The topological polar surface area (TPSA) is 74.8 Å². The van der Waals surface area contributed by atoms with E-state index in [1.54, 1.807) is 49.5 Å². The van der Waals surface area contributed by atoms with E-state index in [0.29, 0.717) is 16.5 Å². The fraction of sp³-hybridized carbons (Fsp3) is 0.379. The number of likely N-dealkylation sites (N-methyl/N-ethyl adjacent to an activating group) is 1. The molecule has 1 fully saturated rings. The van der Waals surface area contributed by atoms with Crippen LogP contribution < -0.4 is 0 Å². The molecular weight excluding hydrogens is 540 g/mol. The van der Waals surface area contributed by atoms with E-state index < -0.39 is 19.9 Å². The number of hydrogen-bond acceptors (Lipinski definition) is 5. The average molecular weight is 573 g/mol. The average Bonchev–Trinajstić information content (AvgIpc) is 3.14. The van der Waals surface area contributed by atoms with Crippen molar-refractivity contribution < 1.29 is 16.8 Å². The van der Waals surface area contributed by atoms with Crippen molar-refractivity contribution in [2.75, 3.05) is 39.0 Å². The minimum Gasteiger partial charge on any atom is -0.303 e. The van der Waals surface area contributed by atoms with Crippen LogP contribution in [0.3, 0.4) is 0 Å². The maximum atomic E-state index is 13.2. The Morgan fingerprint density at radius 2 is 1.66 bits per heavy atom. The van der Waals surface area contributed by atoms with Crippen LogP contribution in [0.15, 0.2) is 88.7 Å². The van der Waals surface area contributed by atoms with Crippen LogP contribution in [-0.4, -0.2) is 65.0 Å². The maximum absolute atomic E-state index is 13.2. The molecule has 0 radical (unpaired) electrons. The lowest BCUT2D eigenvalue weighted by Crippen LogP contribution is -2.44. The highest BCUT2D eigenvalue weighted by molar-refractivity contribution is 7.91. The van der Waals surface area contributed by atoms with Crippen molar-refractivity contribution in [1.82, 2.24) is 9.21 Å². The van der Waals surface area contributed by atoms with E-state index in [1.165, 1.54) is 4.31 Å².